The highest BCUT2D eigenvalue weighted by Crippen LogP contribution is 2.60. The van der Waals surface area contributed by atoms with Crippen molar-refractivity contribution in [2.75, 3.05) is 52.5 Å². The van der Waals surface area contributed by atoms with E-state index in [4.69, 9.17) is 9.05 Å². The summed E-state index contributed by atoms with van der Waals surface area (Å²) in [5.74, 6) is 0. The lowest BCUT2D eigenvalue weighted by Crippen LogP contribution is -2.70. The molecule has 3 rings (SSSR count). The van der Waals surface area contributed by atoms with E-state index < -0.39 is 22.3 Å². The minimum absolute atomic E-state index is 0.318. The summed E-state index contributed by atoms with van der Waals surface area (Å²) in [5, 5.41) is 0. The van der Waals surface area contributed by atoms with Crippen LogP contribution in [0.15, 0.2) is 0 Å². The highest BCUT2D eigenvalue weighted by Gasteiger charge is 2.61. The van der Waals surface area contributed by atoms with E-state index in [-0.39, 0.29) is 4.71 Å². The predicted octanol–water partition coefficient (Wildman–Crippen LogP) is 4.31. The van der Waals surface area contributed by atoms with Gasteiger partial charge in [0.2, 0.25) is 0 Å². The molecule has 3 fully saturated rings. The number of fused-ring (bicyclic) bond motifs is 3. The van der Waals surface area contributed by atoms with E-state index in [0.717, 1.165) is 0 Å². The maximum Gasteiger partial charge on any atom is 0.673 e. The zero-order valence-electron chi connectivity index (χ0n) is 14.8. The largest absolute Gasteiger partial charge is 0.673 e. The first-order valence-electron chi connectivity index (χ1n) is 8.05. The summed E-state index contributed by atoms with van der Waals surface area (Å²) in [6, 6.07) is 0. The standard InChI is InChI=1S/C10H22FN2O3P.2BF4/c1-3-15-17(14,16-4-2)13-8-5-12(11,6-9-13)7-10-13;2*2-1(3,4)5/h3-10H2,1-2H3;;/q+2;2*-1. The average molecular weight is 442 g/mol. The van der Waals surface area contributed by atoms with Gasteiger partial charge in [-0.2, -0.15) is 0 Å². The Morgan fingerprint density at radius 3 is 1.22 bits per heavy atom. The van der Waals surface area contributed by atoms with E-state index in [2.05, 4.69) is 0 Å². The van der Waals surface area contributed by atoms with E-state index in [1.165, 1.54) is 0 Å². The average Bonchev–Trinajstić information content (AvgIpc) is 2.45. The van der Waals surface area contributed by atoms with Crippen molar-refractivity contribution in [3.05, 3.63) is 0 Å². The van der Waals surface area contributed by atoms with Crippen LogP contribution < -0.4 is 0 Å². The van der Waals surface area contributed by atoms with Crippen LogP contribution in [-0.4, -0.2) is 75.9 Å². The van der Waals surface area contributed by atoms with E-state index >= 15 is 0 Å². The zero-order valence-corrected chi connectivity index (χ0v) is 15.7. The third-order valence-corrected chi connectivity index (χ3v) is 6.66. The number of rotatable bonds is 5. The second-order valence-corrected chi connectivity index (χ2v) is 8.06. The van der Waals surface area contributed by atoms with Gasteiger partial charge in [0, 0.05) is 0 Å². The number of nitrogens with zero attached hydrogens (tertiary/aromatic N) is 2. The molecule has 3 heterocycles. The maximum absolute atomic E-state index is 14.0. The van der Waals surface area contributed by atoms with Gasteiger partial charge in [-0.15, -0.1) is 4.71 Å². The molecule has 3 aliphatic heterocycles. The smallest absolute Gasteiger partial charge is 0.418 e. The van der Waals surface area contributed by atoms with E-state index in [0.29, 0.717) is 56.7 Å². The van der Waals surface area contributed by atoms with Crippen molar-refractivity contribution in [1.82, 2.24) is 0 Å². The van der Waals surface area contributed by atoms with Crippen LogP contribution >= 0.6 is 7.75 Å². The third-order valence-electron chi connectivity index (χ3n) is 3.86. The third kappa shape index (κ3) is 10.1. The van der Waals surface area contributed by atoms with Gasteiger partial charge in [0.05, 0.1) is 13.2 Å². The maximum atomic E-state index is 14.0. The topological polar surface area (TPSA) is 35.5 Å². The van der Waals surface area contributed by atoms with Gasteiger partial charge in [-0.3, -0.25) is 9.05 Å². The molecule has 164 valence electrons. The van der Waals surface area contributed by atoms with Crippen LogP contribution in [0.5, 0.6) is 0 Å². The van der Waals surface area contributed by atoms with Crippen LogP contribution in [0.3, 0.4) is 0 Å². The van der Waals surface area contributed by atoms with Crippen molar-refractivity contribution in [2.24, 2.45) is 0 Å². The SMILES string of the molecule is CCOP(=O)(OCC)[N+]12CC[N+](F)(CC1)CC2.F[B-](F)(F)F.F[B-](F)(F)F. The second-order valence-electron chi connectivity index (χ2n) is 5.76. The quantitative estimate of drug-likeness (QED) is 0.276. The molecule has 3 saturated heterocycles. The molecule has 0 unspecified atom stereocenters. The fraction of sp³-hybridized carbons (Fsp3) is 1.00. The molecule has 3 aliphatic rings. The Bertz CT molecular complexity index is 451. The first kappa shape index (κ1) is 26.6. The summed E-state index contributed by atoms with van der Waals surface area (Å²) < 4.78 is 116. The Balaban J connectivity index is 0.000000563. The summed E-state index contributed by atoms with van der Waals surface area (Å²) in [6.45, 7) is 7.27. The molecule has 5 nitrogen and oxygen atoms in total. The molecular formula is C10H22B2F9N2O3P. The Hall–Kier alpha value is -0.430. The first-order valence-corrected chi connectivity index (χ1v) is 9.55. The van der Waals surface area contributed by atoms with Crippen LogP contribution in [0.1, 0.15) is 13.8 Å². The van der Waals surface area contributed by atoms with Crippen LogP contribution in [0.2, 0.25) is 0 Å². The fourth-order valence-corrected chi connectivity index (χ4v) is 4.96. The van der Waals surface area contributed by atoms with Gasteiger partial charge in [0.25, 0.3) is 0 Å². The Kier molecular flexibility index (Phi) is 9.70. The summed E-state index contributed by atoms with van der Waals surface area (Å²) in [4.78, 5) is 0. The number of hydrogen-bond donors (Lipinski definition) is 0. The van der Waals surface area contributed by atoms with Gasteiger partial charge >= 0.3 is 22.3 Å². The van der Waals surface area contributed by atoms with Crippen molar-refractivity contribution in [3.63, 3.8) is 0 Å². The minimum Gasteiger partial charge on any atom is -0.418 e. The van der Waals surface area contributed by atoms with Gasteiger partial charge in [-0.05, 0) is 18.3 Å². The number of hydrogen-bond acceptors (Lipinski definition) is 3. The number of quaternary nitrogens is 2. The molecule has 2 bridgehead atoms. The Labute approximate surface area is 151 Å². The van der Waals surface area contributed by atoms with Crippen LogP contribution in [0, 0.1) is 0 Å². The highest BCUT2D eigenvalue weighted by atomic mass is 31.2. The van der Waals surface area contributed by atoms with Gasteiger partial charge in [0.15, 0.2) is 19.6 Å². The van der Waals surface area contributed by atoms with Crippen molar-refractivity contribution in [3.8, 4) is 0 Å². The van der Waals surface area contributed by atoms with Crippen molar-refractivity contribution in [1.29, 1.82) is 0 Å². The molecular weight excluding hydrogens is 420 g/mol. The summed E-state index contributed by atoms with van der Waals surface area (Å²) in [5.41, 5.74) is 0. The molecule has 0 spiro atoms. The monoisotopic (exact) mass is 442 g/mol. The highest BCUT2D eigenvalue weighted by molar-refractivity contribution is 7.47. The lowest BCUT2D eigenvalue weighted by Gasteiger charge is -2.50. The Morgan fingerprint density at radius 2 is 1.00 bits per heavy atom. The summed E-state index contributed by atoms with van der Waals surface area (Å²) in [7, 11) is -15.2. The zero-order chi connectivity index (χ0) is 21.6. The molecule has 0 atom stereocenters. The van der Waals surface area contributed by atoms with E-state index in [1.54, 1.807) is 0 Å². The molecule has 0 aromatic rings. The molecule has 0 radical (unpaired) electrons. The van der Waals surface area contributed by atoms with Gasteiger partial charge < -0.3 is 34.5 Å². The second kappa shape index (κ2) is 9.86. The van der Waals surface area contributed by atoms with Gasteiger partial charge in [-0.25, -0.2) is 8.82 Å². The lowest BCUT2D eigenvalue weighted by atomic mass is 10.2. The molecule has 0 aromatic carbocycles. The van der Waals surface area contributed by atoms with Crippen LogP contribution in [0.25, 0.3) is 0 Å². The first-order chi connectivity index (χ1) is 12.0. The molecule has 0 amide bonds. The normalized spacial score (nSPS) is 28.0. The van der Waals surface area contributed by atoms with Crippen LogP contribution in [-0.2, 0) is 13.6 Å². The van der Waals surface area contributed by atoms with E-state index in [1.807, 2.05) is 13.8 Å². The predicted molar refractivity (Wildman–Crippen MR) is 82.1 cm³/mol. The molecule has 27 heavy (non-hydrogen) atoms. The minimum atomic E-state index is -6.00. The van der Waals surface area contributed by atoms with Crippen molar-refractivity contribution < 1.29 is 61.6 Å². The molecule has 0 N–H and O–H groups in total. The number of halogens is 9. The summed E-state index contributed by atoms with van der Waals surface area (Å²) in [6.07, 6.45) is 0. The summed E-state index contributed by atoms with van der Waals surface area (Å²) >= 11 is 0. The van der Waals surface area contributed by atoms with Crippen molar-refractivity contribution >= 4 is 22.3 Å². The van der Waals surface area contributed by atoms with Gasteiger partial charge in [-0.1, -0.05) is 0 Å². The van der Waals surface area contributed by atoms with Crippen LogP contribution in [0.4, 0.5) is 39.0 Å². The molecule has 0 aliphatic carbocycles. The molecule has 0 aromatic heterocycles. The lowest BCUT2D eigenvalue weighted by molar-refractivity contribution is -1.13. The van der Waals surface area contributed by atoms with E-state index in [9.17, 15) is 43.6 Å². The molecule has 0 saturated carbocycles. The number of piperazine rings is 3. The fourth-order valence-electron chi connectivity index (χ4n) is 2.74. The molecule has 17 heteroatoms. The van der Waals surface area contributed by atoms with Crippen molar-refractivity contribution in [2.45, 2.75) is 13.8 Å². The van der Waals surface area contributed by atoms with Gasteiger partial charge in [0.1, 0.15) is 19.6 Å². The Morgan fingerprint density at radius 1 is 0.741 bits per heavy atom.